The molecule has 0 N–H and O–H groups in total. The van der Waals surface area contributed by atoms with Gasteiger partial charge in [-0.2, -0.15) is 5.26 Å². The molecule has 1 aromatic rings. The largest absolute Gasteiger partial charge is 0.299 e. The molecule has 1 heterocycles. The zero-order valence-electron chi connectivity index (χ0n) is 10.5. The normalized spacial score (nSPS) is 20.4. The second kappa shape index (κ2) is 5.84. The van der Waals surface area contributed by atoms with Gasteiger partial charge in [0.1, 0.15) is 0 Å². The highest BCUT2D eigenvalue weighted by Gasteiger charge is 2.21. The van der Waals surface area contributed by atoms with E-state index in [4.69, 9.17) is 5.26 Å². The lowest BCUT2D eigenvalue weighted by molar-refractivity contribution is 0.313. The minimum Gasteiger partial charge on any atom is -0.299 e. The molecule has 0 spiro atoms. The van der Waals surface area contributed by atoms with Crippen molar-refractivity contribution in [3.63, 3.8) is 0 Å². The average Bonchev–Trinajstić information content (AvgIpc) is 2.77. The Morgan fingerprint density at radius 3 is 3.12 bits per heavy atom. The first kappa shape index (κ1) is 12.1. The van der Waals surface area contributed by atoms with E-state index in [9.17, 15) is 0 Å². The number of hydrogen-bond donors (Lipinski definition) is 0. The van der Waals surface area contributed by atoms with E-state index in [1.807, 2.05) is 18.2 Å². The van der Waals surface area contributed by atoms with Crippen molar-refractivity contribution in [1.29, 1.82) is 5.26 Å². The van der Waals surface area contributed by atoms with Gasteiger partial charge in [0.2, 0.25) is 0 Å². The topological polar surface area (TPSA) is 27.0 Å². The van der Waals surface area contributed by atoms with Crippen molar-refractivity contribution in [3.8, 4) is 6.07 Å². The summed E-state index contributed by atoms with van der Waals surface area (Å²) in [6.07, 6.45) is 3.99. The Morgan fingerprint density at radius 1 is 1.47 bits per heavy atom. The van der Waals surface area contributed by atoms with E-state index < -0.39 is 0 Å². The van der Waals surface area contributed by atoms with Gasteiger partial charge in [0.25, 0.3) is 0 Å². The van der Waals surface area contributed by atoms with Crippen LogP contribution in [0.1, 0.15) is 37.3 Å². The summed E-state index contributed by atoms with van der Waals surface area (Å²) in [5, 5.41) is 8.87. The quantitative estimate of drug-likeness (QED) is 0.791. The molecule has 0 aliphatic carbocycles. The van der Waals surface area contributed by atoms with Crippen LogP contribution in [-0.4, -0.2) is 18.0 Å². The average molecular weight is 228 g/mol. The number of nitrogens with zero attached hydrogens (tertiary/aromatic N) is 2. The molecule has 0 bridgehead atoms. The molecule has 2 heteroatoms. The fraction of sp³-hybridized carbons (Fsp3) is 0.533. The molecule has 0 saturated carbocycles. The van der Waals surface area contributed by atoms with Gasteiger partial charge in [-0.05, 0) is 43.0 Å². The van der Waals surface area contributed by atoms with Gasteiger partial charge < -0.3 is 0 Å². The Hall–Kier alpha value is -1.33. The highest BCUT2D eigenvalue weighted by molar-refractivity contribution is 5.32. The van der Waals surface area contributed by atoms with E-state index in [0.29, 0.717) is 0 Å². The van der Waals surface area contributed by atoms with Gasteiger partial charge in [-0.15, -0.1) is 0 Å². The second-order valence-electron chi connectivity index (χ2n) is 4.99. The predicted octanol–water partition coefficient (Wildman–Crippen LogP) is 3.18. The van der Waals surface area contributed by atoms with Gasteiger partial charge in [0.05, 0.1) is 11.6 Å². The fourth-order valence-corrected chi connectivity index (χ4v) is 2.70. The van der Waals surface area contributed by atoms with Gasteiger partial charge in [-0.25, -0.2) is 0 Å². The first-order chi connectivity index (χ1) is 8.31. The van der Waals surface area contributed by atoms with E-state index in [1.54, 1.807) is 0 Å². The third-order valence-corrected chi connectivity index (χ3v) is 3.53. The smallest absolute Gasteiger partial charge is 0.0991 e. The van der Waals surface area contributed by atoms with Crippen LogP contribution in [0, 0.1) is 17.2 Å². The number of hydrogen-bond acceptors (Lipinski definition) is 2. The monoisotopic (exact) mass is 228 g/mol. The van der Waals surface area contributed by atoms with Crippen molar-refractivity contribution in [1.82, 2.24) is 4.90 Å². The van der Waals surface area contributed by atoms with Gasteiger partial charge in [0.15, 0.2) is 0 Å². The van der Waals surface area contributed by atoms with Crippen LogP contribution in [-0.2, 0) is 6.54 Å². The molecule has 1 atom stereocenters. The molecular formula is C15H20N2. The van der Waals surface area contributed by atoms with Gasteiger partial charge in [-0.3, -0.25) is 4.90 Å². The number of nitriles is 1. The molecule has 90 valence electrons. The summed E-state index contributed by atoms with van der Waals surface area (Å²) in [5.74, 6) is 0.888. The van der Waals surface area contributed by atoms with Gasteiger partial charge >= 0.3 is 0 Å². The van der Waals surface area contributed by atoms with Crippen molar-refractivity contribution in [2.75, 3.05) is 13.1 Å². The van der Waals surface area contributed by atoms with Gasteiger partial charge in [0, 0.05) is 13.1 Å². The van der Waals surface area contributed by atoms with Crippen molar-refractivity contribution in [2.45, 2.75) is 32.7 Å². The summed E-state index contributed by atoms with van der Waals surface area (Å²) >= 11 is 0. The van der Waals surface area contributed by atoms with Crippen LogP contribution in [0.5, 0.6) is 0 Å². The first-order valence-electron chi connectivity index (χ1n) is 6.53. The molecule has 0 radical (unpaired) electrons. The highest BCUT2D eigenvalue weighted by atomic mass is 15.1. The Morgan fingerprint density at radius 2 is 2.35 bits per heavy atom. The van der Waals surface area contributed by atoms with E-state index >= 15 is 0 Å². The van der Waals surface area contributed by atoms with Crippen LogP contribution in [0.25, 0.3) is 0 Å². The van der Waals surface area contributed by atoms with Crippen molar-refractivity contribution in [2.24, 2.45) is 5.92 Å². The molecule has 1 fully saturated rings. The van der Waals surface area contributed by atoms with E-state index in [0.717, 1.165) is 18.0 Å². The number of likely N-dealkylation sites (tertiary alicyclic amines) is 1. The van der Waals surface area contributed by atoms with Crippen molar-refractivity contribution >= 4 is 0 Å². The molecule has 2 nitrogen and oxygen atoms in total. The lowest BCUT2D eigenvalue weighted by Gasteiger charge is -2.16. The van der Waals surface area contributed by atoms with Crippen LogP contribution >= 0.6 is 0 Å². The predicted molar refractivity (Wildman–Crippen MR) is 69.4 cm³/mol. The summed E-state index contributed by atoms with van der Waals surface area (Å²) in [7, 11) is 0. The maximum atomic E-state index is 8.87. The van der Waals surface area contributed by atoms with Crippen LogP contribution in [0.15, 0.2) is 24.3 Å². The van der Waals surface area contributed by atoms with E-state index in [-0.39, 0.29) is 0 Å². The molecule has 1 unspecified atom stereocenters. The van der Waals surface area contributed by atoms with Crippen LogP contribution in [0.3, 0.4) is 0 Å². The summed E-state index contributed by atoms with van der Waals surface area (Å²) in [5.41, 5.74) is 2.04. The fourth-order valence-electron chi connectivity index (χ4n) is 2.70. The lowest BCUT2D eigenvalue weighted by atomic mass is 10.0. The summed E-state index contributed by atoms with van der Waals surface area (Å²) < 4.78 is 0. The number of benzene rings is 1. The SMILES string of the molecule is CCCC1CCN(Cc2cccc(C#N)c2)C1. The minimum atomic E-state index is 0.770. The van der Waals surface area contributed by atoms with Crippen LogP contribution < -0.4 is 0 Å². The van der Waals surface area contributed by atoms with E-state index in [2.05, 4.69) is 24.0 Å². The molecule has 1 aromatic carbocycles. The summed E-state index contributed by atoms with van der Waals surface area (Å²) in [6.45, 7) is 5.70. The maximum Gasteiger partial charge on any atom is 0.0991 e. The molecule has 1 aliphatic rings. The van der Waals surface area contributed by atoms with Crippen LogP contribution in [0.4, 0.5) is 0 Å². The minimum absolute atomic E-state index is 0.770. The third-order valence-electron chi connectivity index (χ3n) is 3.53. The third kappa shape index (κ3) is 3.31. The molecular weight excluding hydrogens is 208 g/mol. The van der Waals surface area contributed by atoms with E-state index in [1.165, 1.54) is 37.9 Å². The summed E-state index contributed by atoms with van der Waals surface area (Å²) in [6, 6.07) is 10.2. The number of rotatable bonds is 4. The molecule has 0 aromatic heterocycles. The zero-order chi connectivity index (χ0) is 12.1. The highest BCUT2D eigenvalue weighted by Crippen LogP contribution is 2.22. The van der Waals surface area contributed by atoms with Crippen LogP contribution in [0.2, 0.25) is 0 Å². The van der Waals surface area contributed by atoms with Gasteiger partial charge in [-0.1, -0.05) is 25.5 Å². The van der Waals surface area contributed by atoms with Crippen molar-refractivity contribution < 1.29 is 0 Å². The first-order valence-corrected chi connectivity index (χ1v) is 6.53. The Labute approximate surface area is 104 Å². The Balaban J connectivity index is 1.91. The molecule has 1 saturated heterocycles. The maximum absolute atomic E-state index is 8.87. The zero-order valence-corrected chi connectivity index (χ0v) is 10.5. The Bertz CT molecular complexity index is 406. The second-order valence-corrected chi connectivity index (χ2v) is 4.99. The Kier molecular flexibility index (Phi) is 4.17. The lowest BCUT2D eigenvalue weighted by Crippen LogP contribution is -2.20. The molecule has 1 aliphatic heterocycles. The van der Waals surface area contributed by atoms with Crippen molar-refractivity contribution in [3.05, 3.63) is 35.4 Å². The molecule has 2 rings (SSSR count). The molecule has 0 amide bonds. The standard InChI is InChI=1S/C15H20N2/c1-2-4-13-7-8-17(11-13)12-15-6-3-5-14(9-15)10-16/h3,5-6,9,13H,2,4,7-8,11-12H2,1H3. The molecule has 17 heavy (non-hydrogen) atoms. The summed E-state index contributed by atoms with van der Waals surface area (Å²) in [4.78, 5) is 2.51.